The lowest BCUT2D eigenvalue weighted by Gasteiger charge is -2.35. The van der Waals surface area contributed by atoms with Crippen LogP contribution in [0.3, 0.4) is 0 Å². The highest BCUT2D eigenvalue weighted by Crippen LogP contribution is 2.39. The van der Waals surface area contributed by atoms with Crippen molar-refractivity contribution >= 4 is 41.1 Å². The molecule has 1 fully saturated rings. The van der Waals surface area contributed by atoms with Gasteiger partial charge in [0.1, 0.15) is 0 Å². The summed E-state index contributed by atoms with van der Waals surface area (Å²) in [5.74, 6) is 0. The molecule has 1 aromatic rings. The number of halogens is 1. The standard InChI is InChI=1S/C10H17BIN2O2P/c1-5-10(4)9(2,3)15-11(16-10)8-6-7-13-14(8)17-12/h6-7,17H,5H2,1-4H3. The zero-order valence-electron chi connectivity index (χ0n) is 10.5. The van der Waals surface area contributed by atoms with Crippen LogP contribution in [0.15, 0.2) is 12.3 Å². The van der Waals surface area contributed by atoms with Gasteiger partial charge in [0.05, 0.1) is 23.2 Å². The van der Waals surface area contributed by atoms with Gasteiger partial charge in [-0.1, -0.05) is 6.92 Å². The first kappa shape index (κ1) is 13.8. The van der Waals surface area contributed by atoms with Gasteiger partial charge in [-0.05, 0) is 55.3 Å². The van der Waals surface area contributed by atoms with Crippen LogP contribution in [0.4, 0.5) is 0 Å². The maximum Gasteiger partial charge on any atom is 0.514 e. The van der Waals surface area contributed by atoms with Crippen molar-refractivity contribution < 1.29 is 9.31 Å². The molecule has 1 aliphatic rings. The van der Waals surface area contributed by atoms with Crippen LogP contribution in [0, 0.1) is 0 Å². The van der Waals surface area contributed by atoms with E-state index in [0.29, 0.717) is 6.37 Å². The number of rotatable bonds is 3. The summed E-state index contributed by atoms with van der Waals surface area (Å²) in [4.78, 5) is 0. The van der Waals surface area contributed by atoms with Gasteiger partial charge in [-0.15, -0.1) is 0 Å². The minimum absolute atomic E-state index is 0.249. The van der Waals surface area contributed by atoms with Crippen LogP contribution in [0.1, 0.15) is 34.1 Å². The summed E-state index contributed by atoms with van der Waals surface area (Å²) < 4.78 is 14.1. The summed E-state index contributed by atoms with van der Waals surface area (Å²) in [5.41, 5.74) is 0.472. The highest BCUT2D eigenvalue weighted by molar-refractivity contribution is 14.2. The predicted octanol–water partition coefficient (Wildman–Crippen LogP) is 2.36. The third-order valence-corrected chi connectivity index (χ3v) is 5.62. The van der Waals surface area contributed by atoms with Gasteiger partial charge in [-0.3, -0.25) is 0 Å². The molecule has 7 heteroatoms. The second-order valence-corrected chi connectivity index (χ2v) is 6.95. The summed E-state index contributed by atoms with van der Waals surface area (Å²) in [5, 5.41) is 4.26. The molecule has 0 N–H and O–H groups in total. The Morgan fingerprint density at radius 2 is 2.18 bits per heavy atom. The van der Waals surface area contributed by atoms with Crippen LogP contribution < -0.4 is 5.59 Å². The average molecular weight is 366 g/mol. The molecular formula is C10H17BIN2O2P. The molecule has 94 valence electrons. The number of nitrogens with zero attached hydrogens (tertiary/aromatic N) is 2. The number of aromatic nitrogens is 2. The van der Waals surface area contributed by atoms with E-state index < -0.39 is 0 Å². The molecule has 2 atom stereocenters. The lowest BCUT2D eigenvalue weighted by molar-refractivity contribution is -0.0118. The minimum atomic E-state index is -0.306. The summed E-state index contributed by atoms with van der Waals surface area (Å²) in [6, 6.07) is 1.97. The number of hydrogen-bond donors (Lipinski definition) is 0. The highest BCUT2D eigenvalue weighted by Gasteiger charge is 2.54. The Hall–Kier alpha value is 0.355. The maximum absolute atomic E-state index is 6.12. The van der Waals surface area contributed by atoms with Crippen molar-refractivity contribution in [2.24, 2.45) is 0 Å². The second kappa shape index (κ2) is 4.80. The lowest BCUT2D eigenvalue weighted by Crippen LogP contribution is -2.44. The normalized spacial score (nSPS) is 28.4. The largest absolute Gasteiger partial charge is 0.514 e. The van der Waals surface area contributed by atoms with Gasteiger partial charge in [0.15, 0.2) is 0 Å². The lowest BCUT2D eigenvalue weighted by atomic mass is 9.85. The molecule has 0 aliphatic carbocycles. The summed E-state index contributed by atoms with van der Waals surface area (Å²) >= 11 is 2.31. The van der Waals surface area contributed by atoms with Gasteiger partial charge in [-0.2, -0.15) is 5.10 Å². The third-order valence-electron chi connectivity index (χ3n) is 3.71. The van der Waals surface area contributed by atoms with Gasteiger partial charge in [-0.25, -0.2) is 4.45 Å². The van der Waals surface area contributed by atoms with Crippen LogP contribution in [0.5, 0.6) is 0 Å². The molecule has 2 unspecified atom stereocenters. The quantitative estimate of drug-likeness (QED) is 0.468. The van der Waals surface area contributed by atoms with Crippen molar-refractivity contribution in [3.63, 3.8) is 0 Å². The summed E-state index contributed by atoms with van der Waals surface area (Å²) in [7, 11) is -0.306. The predicted molar refractivity (Wildman–Crippen MR) is 80.3 cm³/mol. The summed E-state index contributed by atoms with van der Waals surface area (Å²) in [6.45, 7) is 8.41. The Bertz CT molecular complexity index is 415. The van der Waals surface area contributed by atoms with Crippen molar-refractivity contribution in [2.45, 2.75) is 45.3 Å². The first-order valence-corrected chi connectivity index (χ1v) is 9.76. The molecule has 2 heterocycles. The van der Waals surface area contributed by atoms with E-state index in [9.17, 15) is 0 Å². The Morgan fingerprint density at radius 1 is 1.47 bits per heavy atom. The van der Waals surface area contributed by atoms with Crippen molar-refractivity contribution in [3.8, 4) is 0 Å². The van der Waals surface area contributed by atoms with E-state index in [1.165, 1.54) is 0 Å². The van der Waals surface area contributed by atoms with Crippen LogP contribution in [0.25, 0.3) is 0 Å². The monoisotopic (exact) mass is 366 g/mol. The molecule has 0 radical (unpaired) electrons. The van der Waals surface area contributed by atoms with E-state index >= 15 is 0 Å². The average Bonchev–Trinajstić information content (AvgIpc) is 2.82. The molecule has 1 aliphatic heterocycles. The molecule has 17 heavy (non-hydrogen) atoms. The van der Waals surface area contributed by atoms with Crippen molar-refractivity contribution in [1.29, 1.82) is 0 Å². The highest BCUT2D eigenvalue weighted by atomic mass is 127. The van der Waals surface area contributed by atoms with E-state index in [1.807, 2.05) is 10.5 Å². The second-order valence-electron chi connectivity index (χ2n) is 4.91. The fraction of sp³-hybridized carbons (Fsp3) is 0.700. The number of hydrogen-bond acceptors (Lipinski definition) is 3. The van der Waals surface area contributed by atoms with E-state index in [4.69, 9.17) is 9.31 Å². The third kappa shape index (κ3) is 2.29. The smallest absolute Gasteiger partial charge is 0.398 e. The van der Waals surface area contributed by atoms with Gasteiger partial charge < -0.3 is 9.31 Å². The maximum atomic E-state index is 6.12. The van der Waals surface area contributed by atoms with Crippen molar-refractivity contribution in [2.75, 3.05) is 0 Å². The molecule has 0 aromatic carbocycles. The van der Waals surface area contributed by atoms with Crippen LogP contribution in [-0.2, 0) is 9.31 Å². The fourth-order valence-corrected chi connectivity index (χ4v) is 3.58. The van der Waals surface area contributed by atoms with Gasteiger partial charge in [0, 0.05) is 6.20 Å². The zero-order chi connectivity index (χ0) is 12.7. The Balaban J connectivity index is 2.28. The van der Waals surface area contributed by atoms with E-state index in [0.717, 1.165) is 12.0 Å². The topological polar surface area (TPSA) is 36.3 Å². The molecule has 0 spiro atoms. The first-order valence-electron chi connectivity index (χ1n) is 5.70. The first-order chi connectivity index (χ1) is 7.93. The van der Waals surface area contributed by atoms with Crippen LogP contribution in [-0.4, -0.2) is 27.9 Å². The van der Waals surface area contributed by atoms with Gasteiger partial charge in [0.2, 0.25) is 0 Å². The molecule has 0 bridgehead atoms. The molecule has 0 saturated carbocycles. The minimum Gasteiger partial charge on any atom is -0.398 e. The van der Waals surface area contributed by atoms with Crippen molar-refractivity contribution in [1.82, 2.24) is 9.55 Å². The molecule has 1 aromatic heterocycles. The van der Waals surface area contributed by atoms with E-state index in [-0.39, 0.29) is 18.3 Å². The van der Waals surface area contributed by atoms with Crippen LogP contribution >= 0.6 is 28.4 Å². The fourth-order valence-electron chi connectivity index (χ4n) is 1.99. The Morgan fingerprint density at radius 3 is 2.71 bits per heavy atom. The zero-order valence-corrected chi connectivity index (χ0v) is 13.7. The van der Waals surface area contributed by atoms with Gasteiger partial charge in [0.25, 0.3) is 0 Å². The van der Waals surface area contributed by atoms with Crippen molar-refractivity contribution in [3.05, 3.63) is 12.3 Å². The Kier molecular flexibility index (Phi) is 3.89. The molecular weight excluding hydrogens is 349 g/mol. The SMILES string of the molecule is CCC1(C)OB(c2ccnn2PI)OC1(C)C. The van der Waals surface area contributed by atoms with E-state index in [2.05, 4.69) is 54.8 Å². The van der Waals surface area contributed by atoms with Crippen LogP contribution in [0.2, 0.25) is 0 Å². The van der Waals surface area contributed by atoms with Gasteiger partial charge >= 0.3 is 7.12 Å². The van der Waals surface area contributed by atoms with E-state index in [1.54, 1.807) is 6.20 Å². The Labute approximate surface area is 117 Å². The molecule has 2 rings (SSSR count). The summed E-state index contributed by atoms with van der Waals surface area (Å²) in [6.07, 6.45) is 3.28. The molecule has 0 amide bonds. The molecule has 1 saturated heterocycles. The molecule has 4 nitrogen and oxygen atoms in total.